The van der Waals surface area contributed by atoms with E-state index in [0.29, 0.717) is 29.1 Å². The summed E-state index contributed by atoms with van der Waals surface area (Å²) in [7, 11) is 0. The Morgan fingerprint density at radius 2 is 1.06 bits per heavy atom. The SMILES string of the molecule is CCCCCCc1ccc(-c2nc(-c3ncc(C)cn3)nc(-c3ncc(C)cn3)n2)cc1. The van der Waals surface area contributed by atoms with Crippen molar-refractivity contribution in [1.29, 1.82) is 0 Å². The van der Waals surface area contributed by atoms with Crippen LogP contribution in [0.15, 0.2) is 49.1 Å². The standard InChI is InChI=1S/C25H27N7/c1-4-5-6-7-8-19-9-11-20(12-10-19)21-30-24(22-26-13-17(2)14-27-22)32-25(31-21)23-28-15-18(3)16-29-23/h9-16H,4-8H2,1-3H3. The minimum Gasteiger partial charge on any atom is -0.234 e. The van der Waals surface area contributed by atoms with Gasteiger partial charge in [-0.1, -0.05) is 50.5 Å². The monoisotopic (exact) mass is 425 g/mol. The summed E-state index contributed by atoms with van der Waals surface area (Å²) in [5.74, 6) is 2.24. The zero-order valence-corrected chi connectivity index (χ0v) is 18.8. The predicted molar refractivity (Wildman–Crippen MR) is 125 cm³/mol. The van der Waals surface area contributed by atoms with Crippen molar-refractivity contribution in [3.8, 4) is 34.7 Å². The van der Waals surface area contributed by atoms with E-state index in [1.54, 1.807) is 24.8 Å². The van der Waals surface area contributed by atoms with Gasteiger partial charge in [0.05, 0.1) is 0 Å². The lowest BCUT2D eigenvalue weighted by Crippen LogP contribution is -2.04. The molecule has 0 bridgehead atoms. The lowest BCUT2D eigenvalue weighted by Gasteiger charge is -2.08. The molecule has 0 fully saturated rings. The molecule has 0 radical (unpaired) electrons. The van der Waals surface area contributed by atoms with Gasteiger partial charge in [0.15, 0.2) is 17.5 Å². The summed E-state index contributed by atoms with van der Waals surface area (Å²) in [4.78, 5) is 31.4. The summed E-state index contributed by atoms with van der Waals surface area (Å²) < 4.78 is 0. The molecule has 0 saturated heterocycles. The molecule has 0 saturated carbocycles. The Hall–Kier alpha value is -3.61. The van der Waals surface area contributed by atoms with Gasteiger partial charge in [-0.25, -0.2) is 34.9 Å². The van der Waals surface area contributed by atoms with E-state index < -0.39 is 0 Å². The molecule has 162 valence electrons. The highest BCUT2D eigenvalue weighted by Gasteiger charge is 2.15. The normalized spacial score (nSPS) is 11.0. The molecule has 0 spiro atoms. The van der Waals surface area contributed by atoms with Crippen molar-refractivity contribution < 1.29 is 0 Å². The van der Waals surface area contributed by atoms with Gasteiger partial charge in [-0.05, 0) is 43.4 Å². The summed E-state index contributed by atoms with van der Waals surface area (Å²) in [5.41, 5.74) is 4.17. The zero-order valence-electron chi connectivity index (χ0n) is 18.8. The number of unbranched alkanes of at least 4 members (excludes halogenated alkanes) is 3. The van der Waals surface area contributed by atoms with Gasteiger partial charge in [0.2, 0.25) is 11.6 Å². The Balaban J connectivity index is 1.69. The van der Waals surface area contributed by atoms with E-state index in [1.165, 1.54) is 31.2 Å². The number of hydrogen-bond acceptors (Lipinski definition) is 7. The largest absolute Gasteiger partial charge is 0.234 e. The van der Waals surface area contributed by atoms with Crippen molar-refractivity contribution in [3.63, 3.8) is 0 Å². The van der Waals surface area contributed by atoms with E-state index in [-0.39, 0.29) is 0 Å². The molecular formula is C25H27N7. The fraction of sp³-hybridized carbons (Fsp3) is 0.320. The van der Waals surface area contributed by atoms with Crippen LogP contribution in [0.1, 0.15) is 49.3 Å². The van der Waals surface area contributed by atoms with Crippen LogP contribution >= 0.6 is 0 Å². The van der Waals surface area contributed by atoms with Crippen LogP contribution in [0.5, 0.6) is 0 Å². The van der Waals surface area contributed by atoms with Crippen LogP contribution in [0.25, 0.3) is 34.7 Å². The van der Waals surface area contributed by atoms with Crippen molar-refractivity contribution >= 4 is 0 Å². The van der Waals surface area contributed by atoms with Crippen LogP contribution in [0.3, 0.4) is 0 Å². The number of hydrogen-bond donors (Lipinski definition) is 0. The van der Waals surface area contributed by atoms with Gasteiger partial charge in [-0.3, -0.25) is 0 Å². The van der Waals surface area contributed by atoms with E-state index in [2.05, 4.69) is 66.1 Å². The maximum atomic E-state index is 4.66. The van der Waals surface area contributed by atoms with Gasteiger partial charge in [-0.2, -0.15) is 0 Å². The zero-order chi connectivity index (χ0) is 22.3. The summed E-state index contributed by atoms with van der Waals surface area (Å²) in [6, 6.07) is 8.42. The highest BCUT2D eigenvalue weighted by atomic mass is 15.1. The first-order valence-corrected chi connectivity index (χ1v) is 11.1. The lowest BCUT2D eigenvalue weighted by atomic mass is 10.0. The van der Waals surface area contributed by atoms with Gasteiger partial charge >= 0.3 is 0 Å². The molecule has 7 heteroatoms. The van der Waals surface area contributed by atoms with Crippen LogP contribution in [-0.4, -0.2) is 34.9 Å². The molecule has 0 unspecified atom stereocenters. The number of nitrogens with zero attached hydrogens (tertiary/aromatic N) is 7. The molecule has 4 rings (SSSR count). The van der Waals surface area contributed by atoms with Crippen molar-refractivity contribution in [3.05, 3.63) is 65.7 Å². The van der Waals surface area contributed by atoms with Gasteiger partial charge < -0.3 is 0 Å². The minimum absolute atomic E-state index is 0.401. The average Bonchev–Trinajstić information content (AvgIpc) is 2.83. The summed E-state index contributed by atoms with van der Waals surface area (Å²) in [6.07, 6.45) is 13.1. The molecule has 0 aliphatic carbocycles. The first-order chi connectivity index (χ1) is 15.6. The Kier molecular flexibility index (Phi) is 6.84. The number of aryl methyl sites for hydroxylation is 3. The van der Waals surface area contributed by atoms with Gasteiger partial charge in [-0.15, -0.1) is 0 Å². The molecule has 0 aliphatic rings. The molecule has 4 aromatic rings. The van der Waals surface area contributed by atoms with Crippen molar-refractivity contribution in [1.82, 2.24) is 34.9 Å². The Labute approximate surface area is 188 Å². The first-order valence-electron chi connectivity index (χ1n) is 11.1. The van der Waals surface area contributed by atoms with E-state index in [4.69, 9.17) is 0 Å². The molecule has 32 heavy (non-hydrogen) atoms. The minimum atomic E-state index is 0.401. The van der Waals surface area contributed by atoms with Crippen LogP contribution < -0.4 is 0 Å². The second-order valence-electron chi connectivity index (χ2n) is 7.98. The van der Waals surface area contributed by atoms with Crippen LogP contribution in [0.4, 0.5) is 0 Å². The molecular weight excluding hydrogens is 398 g/mol. The van der Waals surface area contributed by atoms with E-state index >= 15 is 0 Å². The Morgan fingerprint density at radius 1 is 0.562 bits per heavy atom. The first kappa shape index (κ1) is 21.6. The van der Waals surface area contributed by atoms with Crippen LogP contribution in [-0.2, 0) is 6.42 Å². The molecule has 0 N–H and O–H groups in total. The highest BCUT2D eigenvalue weighted by molar-refractivity contribution is 5.61. The topological polar surface area (TPSA) is 90.2 Å². The van der Waals surface area contributed by atoms with E-state index in [0.717, 1.165) is 23.1 Å². The molecule has 3 aromatic heterocycles. The molecule has 0 atom stereocenters. The smallest absolute Gasteiger partial charge is 0.201 e. The Bertz CT molecular complexity index is 1090. The summed E-state index contributed by atoms with van der Waals surface area (Å²) in [6.45, 7) is 6.12. The second-order valence-corrected chi connectivity index (χ2v) is 7.98. The van der Waals surface area contributed by atoms with Gasteiger partial charge in [0.1, 0.15) is 0 Å². The van der Waals surface area contributed by atoms with Gasteiger partial charge in [0.25, 0.3) is 0 Å². The molecule has 7 nitrogen and oxygen atoms in total. The fourth-order valence-corrected chi connectivity index (χ4v) is 3.30. The number of rotatable bonds is 8. The highest BCUT2D eigenvalue weighted by Crippen LogP contribution is 2.22. The molecule has 0 amide bonds. The fourth-order valence-electron chi connectivity index (χ4n) is 3.30. The molecule has 1 aromatic carbocycles. The van der Waals surface area contributed by atoms with Crippen LogP contribution in [0.2, 0.25) is 0 Å². The quantitative estimate of drug-likeness (QED) is 0.359. The van der Waals surface area contributed by atoms with Crippen molar-refractivity contribution in [2.24, 2.45) is 0 Å². The predicted octanol–water partition coefficient (Wildman–Crippen LogP) is 5.19. The second kappa shape index (κ2) is 10.1. The number of aromatic nitrogens is 7. The maximum absolute atomic E-state index is 4.66. The summed E-state index contributed by atoms with van der Waals surface area (Å²) >= 11 is 0. The molecule has 3 heterocycles. The third-order valence-electron chi connectivity index (χ3n) is 5.13. The third kappa shape index (κ3) is 5.35. The molecule has 0 aliphatic heterocycles. The average molecular weight is 426 g/mol. The van der Waals surface area contributed by atoms with Crippen molar-refractivity contribution in [2.75, 3.05) is 0 Å². The van der Waals surface area contributed by atoms with Crippen molar-refractivity contribution in [2.45, 2.75) is 52.9 Å². The van der Waals surface area contributed by atoms with E-state index in [1.807, 2.05) is 13.8 Å². The summed E-state index contributed by atoms with van der Waals surface area (Å²) in [5, 5.41) is 0. The lowest BCUT2D eigenvalue weighted by molar-refractivity contribution is 0.667. The van der Waals surface area contributed by atoms with Crippen LogP contribution in [0, 0.1) is 13.8 Å². The Morgan fingerprint density at radius 3 is 1.56 bits per heavy atom. The maximum Gasteiger partial charge on any atom is 0.201 e. The van der Waals surface area contributed by atoms with E-state index in [9.17, 15) is 0 Å². The number of benzene rings is 1. The third-order valence-corrected chi connectivity index (χ3v) is 5.13. The van der Waals surface area contributed by atoms with Gasteiger partial charge in [0, 0.05) is 30.4 Å².